The van der Waals surface area contributed by atoms with Crippen LogP contribution in [0.15, 0.2) is 60.8 Å². The molecule has 2 heterocycles. The van der Waals surface area contributed by atoms with E-state index in [1.165, 1.54) is 0 Å². The van der Waals surface area contributed by atoms with Crippen LogP contribution in [0.1, 0.15) is 18.4 Å². The summed E-state index contributed by atoms with van der Waals surface area (Å²) in [5.74, 6) is 0.472. The molecule has 0 aliphatic rings. The van der Waals surface area contributed by atoms with E-state index in [1.807, 2.05) is 36.4 Å². The molecule has 0 aliphatic carbocycles. The molecule has 2 aromatic heterocycles. The smallest absolute Gasteiger partial charge is 0.224 e. The number of rotatable bonds is 7. The number of hydrogen-bond donors (Lipinski definition) is 2. The highest BCUT2D eigenvalue weighted by atomic mass is 35.5. The van der Waals surface area contributed by atoms with Gasteiger partial charge in [0, 0.05) is 33.6 Å². The van der Waals surface area contributed by atoms with E-state index in [0.29, 0.717) is 40.7 Å². The van der Waals surface area contributed by atoms with Gasteiger partial charge in [-0.2, -0.15) is 0 Å². The highest BCUT2D eigenvalue weighted by Gasteiger charge is 2.15. The van der Waals surface area contributed by atoms with Crippen molar-refractivity contribution in [3.8, 4) is 17.1 Å². The Labute approximate surface area is 190 Å². The van der Waals surface area contributed by atoms with E-state index in [2.05, 4.69) is 15.3 Å². The van der Waals surface area contributed by atoms with Gasteiger partial charge in [-0.05, 0) is 66.9 Å². The van der Waals surface area contributed by atoms with Crippen molar-refractivity contribution in [3.63, 3.8) is 0 Å². The maximum absolute atomic E-state index is 12.5. The molecule has 4 aromatic rings. The first-order valence-electron chi connectivity index (χ1n) is 9.90. The Morgan fingerprint density at radius 3 is 2.68 bits per heavy atom. The third-order valence-corrected chi connectivity index (χ3v) is 5.53. The van der Waals surface area contributed by atoms with Gasteiger partial charge < -0.3 is 15.0 Å². The van der Waals surface area contributed by atoms with Gasteiger partial charge in [-0.15, -0.1) is 0 Å². The van der Waals surface area contributed by atoms with Gasteiger partial charge in [0.25, 0.3) is 0 Å². The average molecular weight is 454 g/mol. The first kappa shape index (κ1) is 21.2. The standard InChI is InChI=1S/C24H21Cl2N3O2/c1-31-22-11-9-16(26)14-21(22)28-23(30)7-4-5-17-18-13-15(25)8-10-19(18)29-24(17)20-6-2-3-12-27-20/h2-3,6,8-14,29H,4-5,7H2,1H3,(H,28,30). The Bertz CT molecular complexity index is 1220. The molecule has 0 fully saturated rings. The second kappa shape index (κ2) is 9.41. The number of nitrogens with zero attached hydrogens (tertiary/aromatic N) is 1. The third-order valence-electron chi connectivity index (χ3n) is 5.06. The van der Waals surface area contributed by atoms with Crippen molar-refractivity contribution in [1.29, 1.82) is 0 Å². The molecule has 2 N–H and O–H groups in total. The lowest BCUT2D eigenvalue weighted by Crippen LogP contribution is -2.12. The van der Waals surface area contributed by atoms with Crippen molar-refractivity contribution in [3.05, 3.63) is 76.4 Å². The lowest BCUT2D eigenvalue weighted by Gasteiger charge is -2.11. The van der Waals surface area contributed by atoms with E-state index in [-0.39, 0.29) is 5.91 Å². The molecule has 0 radical (unpaired) electrons. The van der Waals surface area contributed by atoms with Gasteiger partial charge in [0.1, 0.15) is 5.75 Å². The first-order chi connectivity index (χ1) is 15.0. The molecule has 0 spiro atoms. The Morgan fingerprint density at radius 1 is 1.10 bits per heavy atom. The van der Waals surface area contributed by atoms with Gasteiger partial charge in [0.05, 0.1) is 24.2 Å². The number of aromatic amines is 1. The topological polar surface area (TPSA) is 67.0 Å². The lowest BCUT2D eigenvalue weighted by molar-refractivity contribution is -0.116. The summed E-state index contributed by atoms with van der Waals surface area (Å²) in [7, 11) is 1.56. The zero-order valence-electron chi connectivity index (χ0n) is 16.9. The number of benzene rings is 2. The molecular formula is C24H21Cl2N3O2. The summed E-state index contributed by atoms with van der Waals surface area (Å²) in [6.45, 7) is 0. The molecule has 1 amide bonds. The molecule has 0 saturated heterocycles. The molecular weight excluding hydrogens is 433 g/mol. The molecule has 0 bridgehead atoms. The molecule has 0 unspecified atom stereocenters. The van der Waals surface area contributed by atoms with Crippen LogP contribution in [-0.4, -0.2) is 23.0 Å². The molecule has 31 heavy (non-hydrogen) atoms. The fourth-order valence-electron chi connectivity index (χ4n) is 3.63. The fourth-order valence-corrected chi connectivity index (χ4v) is 3.97. The Balaban J connectivity index is 1.52. The Hall–Kier alpha value is -3.02. The number of aromatic nitrogens is 2. The minimum absolute atomic E-state index is 0.0992. The quantitative estimate of drug-likeness (QED) is 0.335. The molecule has 7 heteroatoms. The highest BCUT2D eigenvalue weighted by Crippen LogP contribution is 2.32. The first-order valence-corrected chi connectivity index (χ1v) is 10.7. The van der Waals surface area contributed by atoms with E-state index >= 15 is 0 Å². The predicted molar refractivity (Wildman–Crippen MR) is 126 cm³/mol. The van der Waals surface area contributed by atoms with E-state index in [1.54, 1.807) is 31.5 Å². The van der Waals surface area contributed by atoms with Crippen molar-refractivity contribution in [2.45, 2.75) is 19.3 Å². The number of ether oxygens (including phenoxy) is 1. The van der Waals surface area contributed by atoms with E-state index in [0.717, 1.165) is 27.9 Å². The highest BCUT2D eigenvalue weighted by molar-refractivity contribution is 6.31. The van der Waals surface area contributed by atoms with E-state index < -0.39 is 0 Å². The Morgan fingerprint density at radius 2 is 1.90 bits per heavy atom. The van der Waals surface area contributed by atoms with Gasteiger partial charge in [-0.1, -0.05) is 29.3 Å². The summed E-state index contributed by atoms with van der Waals surface area (Å²) in [5.41, 5.74) is 4.47. The molecule has 4 rings (SSSR count). The zero-order valence-corrected chi connectivity index (χ0v) is 18.4. The summed E-state index contributed by atoms with van der Waals surface area (Å²) in [6, 6.07) is 16.7. The number of amides is 1. The molecule has 5 nitrogen and oxygen atoms in total. The summed E-state index contributed by atoms with van der Waals surface area (Å²) in [5, 5.41) is 5.14. The fraction of sp³-hybridized carbons (Fsp3) is 0.167. The van der Waals surface area contributed by atoms with Crippen LogP contribution in [0.3, 0.4) is 0 Å². The monoisotopic (exact) mass is 453 g/mol. The summed E-state index contributed by atoms with van der Waals surface area (Å²) >= 11 is 12.3. The van der Waals surface area contributed by atoms with Crippen LogP contribution in [-0.2, 0) is 11.2 Å². The normalized spacial score (nSPS) is 10.9. The lowest BCUT2D eigenvalue weighted by atomic mass is 10.0. The number of pyridine rings is 1. The van der Waals surface area contributed by atoms with Crippen LogP contribution in [0.2, 0.25) is 10.0 Å². The van der Waals surface area contributed by atoms with Crippen LogP contribution in [0.4, 0.5) is 5.69 Å². The number of fused-ring (bicyclic) bond motifs is 1. The van der Waals surface area contributed by atoms with Crippen molar-refractivity contribution < 1.29 is 9.53 Å². The molecule has 0 saturated carbocycles. The molecule has 0 atom stereocenters. The number of hydrogen-bond acceptors (Lipinski definition) is 3. The number of anilines is 1. The maximum Gasteiger partial charge on any atom is 0.224 e. The second-order valence-corrected chi connectivity index (χ2v) is 8.00. The molecule has 2 aromatic carbocycles. The predicted octanol–water partition coefficient (Wildman–Crippen LogP) is 6.51. The maximum atomic E-state index is 12.5. The number of nitrogens with one attached hydrogen (secondary N) is 2. The number of aryl methyl sites for hydroxylation is 1. The van der Waals surface area contributed by atoms with Crippen molar-refractivity contribution in [2.75, 3.05) is 12.4 Å². The number of carbonyl (C=O) groups is 1. The minimum atomic E-state index is -0.0992. The molecule has 0 aliphatic heterocycles. The van der Waals surface area contributed by atoms with Crippen molar-refractivity contribution >= 4 is 45.7 Å². The van der Waals surface area contributed by atoms with Crippen LogP contribution >= 0.6 is 23.2 Å². The van der Waals surface area contributed by atoms with Gasteiger partial charge in [-0.25, -0.2) is 0 Å². The van der Waals surface area contributed by atoms with E-state index in [4.69, 9.17) is 27.9 Å². The van der Waals surface area contributed by atoms with Gasteiger partial charge >= 0.3 is 0 Å². The van der Waals surface area contributed by atoms with Gasteiger partial charge in [-0.3, -0.25) is 9.78 Å². The molecule has 158 valence electrons. The average Bonchev–Trinajstić information content (AvgIpc) is 3.12. The van der Waals surface area contributed by atoms with Crippen molar-refractivity contribution in [2.24, 2.45) is 0 Å². The van der Waals surface area contributed by atoms with Crippen LogP contribution in [0.25, 0.3) is 22.3 Å². The van der Waals surface area contributed by atoms with Gasteiger partial charge in [0.2, 0.25) is 5.91 Å². The SMILES string of the molecule is COc1ccc(Cl)cc1NC(=O)CCCc1c(-c2ccccn2)[nH]c2ccc(Cl)cc12. The summed E-state index contributed by atoms with van der Waals surface area (Å²) < 4.78 is 5.29. The Kier molecular flexibility index (Phi) is 6.44. The number of halogens is 2. The van der Waals surface area contributed by atoms with Crippen LogP contribution < -0.4 is 10.1 Å². The minimum Gasteiger partial charge on any atom is -0.495 e. The number of methoxy groups -OCH3 is 1. The van der Waals surface area contributed by atoms with Crippen LogP contribution in [0, 0.1) is 0 Å². The van der Waals surface area contributed by atoms with Gasteiger partial charge in [0.15, 0.2) is 0 Å². The van der Waals surface area contributed by atoms with Crippen LogP contribution in [0.5, 0.6) is 5.75 Å². The number of carbonyl (C=O) groups excluding carboxylic acids is 1. The second-order valence-electron chi connectivity index (χ2n) is 7.13. The summed E-state index contributed by atoms with van der Waals surface area (Å²) in [4.78, 5) is 20.5. The largest absolute Gasteiger partial charge is 0.495 e. The van der Waals surface area contributed by atoms with Crippen molar-refractivity contribution in [1.82, 2.24) is 9.97 Å². The third kappa shape index (κ3) is 4.84. The number of H-pyrrole nitrogens is 1. The van der Waals surface area contributed by atoms with E-state index in [9.17, 15) is 4.79 Å². The summed E-state index contributed by atoms with van der Waals surface area (Å²) in [6.07, 6.45) is 3.48. The zero-order chi connectivity index (χ0) is 21.8.